The number of carbonyl (C=O) groups excluding carboxylic acids is 1. The fourth-order valence-corrected chi connectivity index (χ4v) is 1.97. The Morgan fingerprint density at radius 1 is 1.38 bits per heavy atom. The zero-order valence-electron chi connectivity index (χ0n) is 12.0. The molecule has 0 saturated carbocycles. The van der Waals surface area contributed by atoms with Gasteiger partial charge in [0.05, 0.1) is 12.7 Å². The second kappa shape index (κ2) is 6.06. The second-order valence-corrected chi connectivity index (χ2v) is 4.41. The number of rotatable bonds is 4. The summed E-state index contributed by atoms with van der Waals surface area (Å²) in [6, 6.07) is 9.24. The van der Waals surface area contributed by atoms with Gasteiger partial charge in [-0.2, -0.15) is 5.26 Å². The molecule has 0 saturated heterocycles. The summed E-state index contributed by atoms with van der Waals surface area (Å²) in [4.78, 5) is 15.7. The number of aryl methyl sites for hydroxylation is 1. The standard InChI is InChI=1S/C16H14N2O3/c1-10(19)15-11(2)21-16(14(15)8-17)18-9-12-4-6-13(20-3)7-5-12/h4-7,9H,1-3H3/b18-9+. The number of hydrogen-bond donors (Lipinski definition) is 0. The third kappa shape index (κ3) is 3.00. The molecule has 0 spiro atoms. The van der Waals surface area contributed by atoms with Crippen molar-refractivity contribution < 1.29 is 13.9 Å². The van der Waals surface area contributed by atoms with Gasteiger partial charge in [-0.15, -0.1) is 0 Å². The minimum Gasteiger partial charge on any atom is -0.497 e. The lowest BCUT2D eigenvalue weighted by atomic mass is 10.1. The molecular weight excluding hydrogens is 268 g/mol. The van der Waals surface area contributed by atoms with Gasteiger partial charge >= 0.3 is 0 Å². The Morgan fingerprint density at radius 2 is 2.05 bits per heavy atom. The molecule has 0 fully saturated rings. The van der Waals surface area contributed by atoms with Gasteiger partial charge in [-0.1, -0.05) is 0 Å². The molecule has 0 atom stereocenters. The van der Waals surface area contributed by atoms with Gasteiger partial charge < -0.3 is 9.15 Å². The summed E-state index contributed by atoms with van der Waals surface area (Å²) >= 11 is 0. The normalized spacial score (nSPS) is 10.6. The molecule has 2 rings (SSSR count). The highest BCUT2D eigenvalue weighted by atomic mass is 16.5. The van der Waals surface area contributed by atoms with E-state index in [1.54, 1.807) is 32.4 Å². The largest absolute Gasteiger partial charge is 0.497 e. The Labute approximate surface area is 122 Å². The Hall–Kier alpha value is -2.87. The molecule has 0 aliphatic carbocycles. The van der Waals surface area contributed by atoms with E-state index >= 15 is 0 Å². The maximum atomic E-state index is 11.5. The van der Waals surface area contributed by atoms with Crippen LogP contribution in [0.25, 0.3) is 0 Å². The summed E-state index contributed by atoms with van der Waals surface area (Å²) in [6.07, 6.45) is 1.57. The van der Waals surface area contributed by atoms with E-state index < -0.39 is 0 Å². The van der Waals surface area contributed by atoms with E-state index in [0.29, 0.717) is 11.3 Å². The molecule has 0 amide bonds. The Morgan fingerprint density at radius 3 is 2.57 bits per heavy atom. The minimum absolute atomic E-state index is 0.149. The number of benzene rings is 1. The summed E-state index contributed by atoms with van der Waals surface area (Å²) < 4.78 is 10.5. The predicted octanol–water partition coefficient (Wildman–Crippen LogP) is 3.42. The van der Waals surface area contributed by atoms with Crippen LogP contribution in [0, 0.1) is 18.3 Å². The second-order valence-electron chi connectivity index (χ2n) is 4.41. The molecule has 5 nitrogen and oxygen atoms in total. The summed E-state index contributed by atoms with van der Waals surface area (Å²) in [5.74, 6) is 1.09. The molecule has 1 aromatic heterocycles. The van der Waals surface area contributed by atoms with Gasteiger partial charge in [0.15, 0.2) is 5.78 Å². The highest BCUT2D eigenvalue weighted by molar-refractivity contribution is 5.99. The summed E-state index contributed by atoms with van der Waals surface area (Å²) in [5, 5.41) is 9.17. The SMILES string of the molecule is COc1ccc(/C=N/c2oc(C)c(C(C)=O)c2C#N)cc1. The van der Waals surface area contributed by atoms with E-state index in [1.807, 2.05) is 18.2 Å². The number of hydrogen-bond acceptors (Lipinski definition) is 5. The van der Waals surface area contributed by atoms with Gasteiger partial charge in [-0.25, -0.2) is 4.99 Å². The smallest absolute Gasteiger partial charge is 0.237 e. The molecule has 1 aromatic carbocycles. The first kappa shape index (κ1) is 14.5. The summed E-state index contributed by atoms with van der Waals surface area (Å²) in [6.45, 7) is 3.04. The highest BCUT2D eigenvalue weighted by Crippen LogP contribution is 2.29. The molecule has 21 heavy (non-hydrogen) atoms. The quantitative estimate of drug-likeness (QED) is 0.636. The Bertz CT molecular complexity index is 734. The summed E-state index contributed by atoms with van der Waals surface area (Å²) in [7, 11) is 1.59. The summed E-state index contributed by atoms with van der Waals surface area (Å²) in [5.41, 5.74) is 1.29. The van der Waals surface area contributed by atoms with Crippen LogP contribution < -0.4 is 4.74 Å². The predicted molar refractivity (Wildman–Crippen MR) is 78.4 cm³/mol. The molecule has 0 unspecified atom stereocenters. The first-order valence-electron chi connectivity index (χ1n) is 6.29. The van der Waals surface area contributed by atoms with Crippen molar-refractivity contribution >= 4 is 17.9 Å². The van der Waals surface area contributed by atoms with E-state index in [0.717, 1.165) is 11.3 Å². The third-order valence-corrected chi connectivity index (χ3v) is 2.98. The highest BCUT2D eigenvalue weighted by Gasteiger charge is 2.20. The molecule has 106 valence electrons. The van der Waals surface area contributed by atoms with Crippen LogP contribution in [0.1, 0.15) is 34.2 Å². The van der Waals surface area contributed by atoms with Crippen molar-refractivity contribution in [1.82, 2.24) is 0 Å². The van der Waals surface area contributed by atoms with Crippen molar-refractivity contribution in [3.63, 3.8) is 0 Å². The molecule has 1 heterocycles. The van der Waals surface area contributed by atoms with Crippen molar-refractivity contribution in [2.75, 3.05) is 7.11 Å². The van der Waals surface area contributed by atoms with Crippen LogP contribution in [0.2, 0.25) is 0 Å². The molecule has 0 N–H and O–H groups in total. The monoisotopic (exact) mass is 282 g/mol. The number of furan rings is 1. The average molecular weight is 282 g/mol. The van der Waals surface area contributed by atoms with Crippen LogP contribution in [0.15, 0.2) is 33.7 Å². The topological polar surface area (TPSA) is 75.6 Å². The number of aliphatic imine (C=N–C) groups is 1. The lowest BCUT2D eigenvalue weighted by molar-refractivity contribution is 0.101. The minimum atomic E-state index is -0.210. The number of ketones is 1. The number of nitriles is 1. The van der Waals surface area contributed by atoms with Crippen molar-refractivity contribution in [2.45, 2.75) is 13.8 Å². The van der Waals surface area contributed by atoms with Crippen molar-refractivity contribution in [3.05, 3.63) is 46.7 Å². The average Bonchev–Trinajstić information content (AvgIpc) is 2.81. The fraction of sp³-hybridized carbons (Fsp3) is 0.188. The van der Waals surface area contributed by atoms with Gasteiger partial charge in [0.2, 0.25) is 5.88 Å². The van der Waals surface area contributed by atoms with Crippen LogP contribution in [-0.4, -0.2) is 19.1 Å². The van der Waals surface area contributed by atoms with Crippen LogP contribution in [0.4, 0.5) is 5.88 Å². The molecule has 0 radical (unpaired) electrons. The van der Waals surface area contributed by atoms with Crippen molar-refractivity contribution in [1.29, 1.82) is 5.26 Å². The number of ether oxygens (including phenoxy) is 1. The third-order valence-electron chi connectivity index (χ3n) is 2.98. The van der Waals surface area contributed by atoms with Crippen LogP contribution in [0.3, 0.4) is 0 Å². The van der Waals surface area contributed by atoms with Crippen molar-refractivity contribution in [2.24, 2.45) is 4.99 Å². The zero-order chi connectivity index (χ0) is 15.4. The van der Waals surface area contributed by atoms with E-state index in [1.165, 1.54) is 6.92 Å². The first-order valence-corrected chi connectivity index (χ1v) is 6.29. The van der Waals surface area contributed by atoms with Gasteiger partial charge in [0.1, 0.15) is 23.1 Å². The first-order chi connectivity index (χ1) is 10.1. The molecule has 0 aliphatic heterocycles. The van der Waals surface area contributed by atoms with Gasteiger partial charge in [0, 0.05) is 6.21 Å². The molecule has 5 heteroatoms. The Kier molecular flexibility index (Phi) is 4.19. The molecule has 0 aliphatic rings. The number of Topliss-reactive ketones (excluding diaryl/α,β-unsaturated/α-hetero) is 1. The molecule has 2 aromatic rings. The van der Waals surface area contributed by atoms with E-state index in [4.69, 9.17) is 9.15 Å². The fourth-order valence-electron chi connectivity index (χ4n) is 1.97. The lowest BCUT2D eigenvalue weighted by Gasteiger charge is -1.98. The van der Waals surface area contributed by atoms with E-state index in [-0.39, 0.29) is 17.2 Å². The van der Waals surface area contributed by atoms with Crippen LogP contribution in [0.5, 0.6) is 5.75 Å². The number of carbonyl (C=O) groups is 1. The number of methoxy groups -OCH3 is 1. The van der Waals surface area contributed by atoms with Crippen molar-refractivity contribution in [3.8, 4) is 11.8 Å². The van der Waals surface area contributed by atoms with Gasteiger partial charge in [-0.05, 0) is 43.7 Å². The van der Waals surface area contributed by atoms with Crippen LogP contribution in [-0.2, 0) is 0 Å². The maximum Gasteiger partial charge on any atom is 0.237 e. The Balaban J connectivity index is 2.35. The number of nitrogens with zero attached hydrogens (tertiary/aromatic N) is 2. The van der Waals surface area contributed by atoms with E-state index in [9.17, 15) is 10.1 Å². The van der Waals surface area contributed by atoms with Gasteiger partial charge in [0.25, 0.3) is 0 Å². The van der Waals surface area contributed by atoms with Crippen LogP contribution >= 0.6 is 0 Å². The molecular formula is C16H14N2O3. The van der Waals surface area contributed by atoms with Gasteiger partial charge in [-0.3, -0.25) is 4.79 Å². The van der Waals surface area contributed by atoms with E-state index in [2.05, 4.69) is 4.99 Å². The maximum absolute atomic E-state index is 11.5. The molecule has 0 bridgehead atoms. The lowest BCUT2D eigenvalue weighted by Crippen LogP contribution is -1.94. The zero-order valence-corrected chi connectivity index (χ0v) is 12.0.